The Balaban J connectivity index is 3.56. The van der Waals surface area contributed by atoms with Crippen molar-refractivity contribution < 1.29 is 0 Å². The predicted octanol–water partition coefficient (Wildman–Crippen LogP) is 1.79. The molecule has 0 bridgehead atoms. The highest BCUT2D eigenvalue weighted by molar-refractivity contribution is 6.60. The minimum Gasteiger partial charge on any atom is -0.323 e. The van der Waals surface area contributed by atoms with Crippen molar-refractivity contribution in [1.82, 2.24) is 5.32 Å². The fourth-order valence-corrected chi connectivity index (χ4v) is 4.03. The third kappa shape index (κ3) is 3.37. The van der Waals surface area contributed by atoms with Crippen LogP contribution in [0.5, 0.6) is 0 Å². The van der Waals surface area contributed by atoms with Crippen LogP contribution in [0.4, 0.5) is 0 Å². The molecule has 10 heavy (non-hydrogen) atoms. The summed E-state index contributed by atoms with van der Waals surface area (Å²) in [5, 5.41) is 3.30. The summed E-state index contributed by atoms with van der Waals surface area (Å²) in [6, 6.07) is 1.44. The van der Waals surface area contributed by atoms with E-state index in [1.165, 1.54) is 18.6 Å². The lowest BCUT2D eigenvalue weighted by Gasteiger charge is -2.18. The van der Waals surface area contributed by atoms with Crippen LogP contribution in [0.3, 0.4) is 0 Å². The van der Waals surface area contributed by atoms with Gasteiger partial charge in [-0.25, -0.2) is 0 Å². The van der Waals surface area contributed by atoms with E-state index in [1.807, 2.05) is 0 Å². The van der Waals surface area contributed by atoms with Gasteiger partial charge in [0.1, 0.15) is 0 Å². The van der Waals surface area contributed by atoms with Crippen LogP contribution in [0.2, 0.25) is 11.6 Å². The molecule has 0 aromatic rings. The third-order valence-electron chi connectivity index (χ3n) is 2.44. The maximum atomic E-state index is 3.30. The molecule has 2 heteroatoms. The minimum atomic E-state index is -0.418. The van der Waals surface area contributed by atoms with Gasteiger partial charge in [-0.3, -0.25) is 0 Å². The van der Waals surface area contributed by atoms with E-state index in [1.54, 1.807) is 0 Å². The van der Waals surface area contributed by atoms with Crippen LogP contribution in [-0.2, 0) is 0 Å². The number of rotatable bonds is 5. The molecular formula is C8H21NSi. The first-order chi connectivity index (χ1) is 4.76. The Morgan fingerprint density at radius 3 is 2.30 bits per heavy atom. The van der Waals surface area contributed by atoms with Gasteiger partial charge in [0.2, 0.25) is 0 Å². The summed E-state index contributed by atoms with van der Waals surface area (Å²) in [6.07, 6.45) is 2.68. The van der Waals surface area contributed by atoms with E-state index in [2.05, 4.69) is 33.1 Å². The second-order valence-electron chi connectivity index (χ2n) is 3.11. The van der Waals surface area contributed by atoms with E-state index >= 15 is 0 Å². The van der Waals surface area contributed by atoms with Gasteiger partial charge in [-0.2, -0.15) is 0 Å². The highest BCUT2D eigenvalue weighted by atomic mass is 28.3. The van der Waals surface area contributed by atoms with Gasteiger partial charge in [-0.05, 0) is 13.2 Å². The normalized spacial score (nSPS) is 16.8. The van der Waals surface area contributed by atoms with E-state index < -0.39 is 8.80 Å². The van der Waals surface area contributed by atoms with Gasteiger partial charge in [-0.15, -0.1) is 0 Å². The highest BCUT2D eigenvalue weighted by Crippen LogP contribution is 2.15. The summed E-state index contributed by atoms with van der Waals surface area (Å²) in [7, 11) is 1.65. The van der Waals surface area contributed by atoms with Crippen molar-refractivity contribution in [2.24, 2.45) is 0 Å². The van der Waals surface area contributed by atoms with Crippen molar-refractivity contribution in [3.05, 3.63) is 0 Å². The SMILES string of the molecule is CCC(C)[SiH](CC)CNC. The van der Waals surface area contributed by atoms with Crippen molar-refractivity contribution in [3.63, 3.8) is 0 Å². The molecular weight excluding hydrogens is 138 g/mol. The number of hydrogen-bond acceptors (Lipinski definition) is 1. The molecule has 0 radical (unpaired) electrons. The first kappa shape index (κ1) is 10.2. The topological polar surface area (TPSA) is 12.0 Å². The smallest absolute Gasteiger partial charge is 0.0552 e. The zero-order chi connectivity index (χ0) is 7.98. The average Bonchev–Trinajstić information content (AvgIpc) is 1.99. The Hall–Kier alpha value is 0.177. The van der Waals surface area contributed by atoms with Crippen molar-refractivity contribution in [3.8, 4) is 0 Å². The summed E-state index contributed by atoms with van der Waals surface area (Å²) in [6.45, 7) is 7.04. The average molecular weight is 159 g/mol. The Morgan fingerprint density at radius 2 is 2.00 bits per heavy atom. The fourth-order valence-electron chi connectivity index (χ4n) is 1.34. The molecule has 0 aromatic heterocycles. The molecule has 2 unspecified atom stereocenters. The summed E-state index contributed by atoms with van der Waals surface area (Å²) >= 11 is 0. The summed E-state index contributed by atoms with van der Waals surface area (Å²) in [5.41, 5.74) is 1.01. The zero-order valence-electron chi connectivity index (χ0n) is 7.78. The van der Waals surface area contributed by atoms with Gasteiger partial charge < -0.3 is 5.32 Å². The number of nitrogens with one attached hydrogen (secondary N) is 1. The van der Waals surface area contributed by atoms with E-state index in [0.717, 1.165) is 5.54 Å². The van der Waals surface area contributed by atoms with Gasteiger partial charge >= 0.3 is 0 Å². The molecule has 0 fully saturated rings. The highest BCUT2D eigenvalue weighted by Gasteiger charge is 2.13. The van der Waals surface area contributed by atoms with Crippen LogP contribution in [0, 0.1) is 0 Å². The van der Waals surface area contributed by atoms with Crippen molar-refractivity contribution in [2.45, 2.75) is 38.8 Å². The molecule has 1 nitrogen and oxygen atoms in total. The molecule has 0 aliphatic heterocycles. The van der Waals surface area contributed by atoms with Crippen LogP contribution in [-0.4, -0.2) is 22.0 Å². The van der Waals surface area contributed by atoms with Gasteiger partial charge in [0.15, 0.2) is 0 Å². The van der Waals surface area contributed by atoms with Crippen LogP contribution in [0.15, 0.2) is 0 Å². The maximum Gasteiger partial charge on any atom is 0.0552 e. The molecule has 0 amide bonds. The Kier molecular flexibility index (Phi) is 6.03. The molecule has 0 aromatic carbocycles. The Bertz CT molecular complexity index is 75.7. The maximum absolute atomic E-state index is 3.30. The van der Waals surface area contributed by atoms with E-state index in [4.69, 9.17) is 0 Å². The van der Waals surface area contributed by atoms with Crippen molar-refractivity contribution in [2.75, 3.05) is 13.2 Å². The molecule has 0 spiro atoms. The van der Waals surface area contributed by atoms with Gasteiger partial charge in [0.05, 0.1) is 8.80 Å². The van der Waals surface area contributed by atoms with Gasteiger partial charge in [0.25, 0.3) is 0 Å². The largest absolute Gasteiger partial charge is 0.323 e. The molecule has 0 aliphatic rings. The monoisotopic (exact) mass is 159 g/mol. The molecule has 62 valence electrons. The summed E-state index contributed by atoms with van der Waals surface area (Å²) < 4.78 is 0. The zero-order valence-corrected chi connectivity index (χ0v) is 8.93. The van der Waals surface area contributed by atoms with Crippen LogP contribution >= 0.6 is 0 Å². The molecule has 0 aliphatic carbocycles. The lowest BCUT2D eigenvalue weighted by Crippen LogP contribution is -2.30. The fraction of sp³-hybridized carbons (Fsp3) is 1.00. The molecule has 0 saturated heterocycles. The van der Waals surface area contributed by atoms with Gasteiger partial charge in [-0.1, -0.05) is 38.8 Å². The number of hydrogen-bond donors (Lipinski definition) is 1. The molecule has 0 saturated carbocycles. The van der Waals surface area contributed by atoms with Crippen molar-refractivity contribution in [1.29, 1.82) is 0 Å². The Morgan fingerprint density at radius 1 is 1.40 bits per heavy atom. The lowest BCUT2D eigenvalue weighted by atomic mass is 10.4. The second kappa shape index (κ2) is 5.92. The van der Waals surface area contributed by atoms with E-state index in [9.17, 15) is 0 Å². The predicted molar refractivity (Wildman–Crippen MR) is 51.3 cm³/mol. The van der Waals surface area contributed by atoms with Crippen molar-refractivity contribution >= 4 is 8.80 Å². The standard InChI is InChI=1S/C8H21NSi/c1-5-8(3)10(6-2)7-9-4/h8-10H,5-7H2,1-4H3. The molecule has 2 atom stereocenters. The Labute approximate surface area is 66.8 Å². The molecule has 0 heterocycles. The van der Waals surface area contributed by atoms with Gasteiger partial charge in [0, 0.05) is 0 Å². The quantitative estimate of drug-likeness (QED) is 0.603. The summed E-state index contributed by atoms with van der Waals surface area (Å²) in [5.74, 6) is 0. The first-order valence-corrected chi connectivity index (χ1v) is 6.70. The molecule has 1 N–H and O–H groups in total. The van der Waals surface area contributed by atoms with E-state index in [0.29, 0.717) is 0 Å². The van der Waals surface area contributed by atoms with Crippen LogP contribution < -0.4 is 5.32 Å². The van der Waals surface area contributed by atoms with E-state index in [-0.39, 0.29) is 0 Å². The van der Waals surface area contributed by atoms with Crippen LogP contribution in [0.25, 0.3) is 0 Å². The third-order valence-corrected chi connectivity index (χ3v) is 6.50. The van der Waals surface area contributed by atoms with Crippen LogP contribution in [0.1, 0.15) is 27.2 Å². The minimum absolute atomic E-state index is 0.418. The first-order valence-electron chi connectivity index (χ1n) is 4.40. The lowest BCUT2D eigenvalue weighted by molar-refractivity contribution is 0.822. The second-order valence-corrected chi connectivity index (χ2v) is 6.99. The molecule has 0 rings (SSSR count). The summed E-state index contributed by atoms with van der Waals surface area (Å²) in [4.78, 5) is 0.